The van der Waals surface area contributed by atoms with Crippen LogP contribution in [0.15, 0.2) is 18.2 Å². The van der Waals surface area contributed by atoms with E-state index in [9.17, 15) is 0 Å². The molecule has 1 saturated heterocycles. The molecule has 1 heterocycles. The van der Waals surface area contributed by atoms with Crippen LogP contribution in [-0.4, -0.2) is 13.7 Å². The van der Waals surface area contributed by atoms with E-state index >= 15 is 0 Å². The molecule has 3 atom stereocenters. The number of hydrogen-bond acceptors (Lipinski definition) is 2. The third-order valence-electron chi connectivity index (χ3n) is 5.50. The third-order valence-corrected chi connectivity index (χ3v) is 5.50. The second-order valence-electron chi connectivity index (χ2n) is 6.19. The lowest BCUT2D eigenvalue weighted by molar-refractivity contribution is 0.153. The van der Waals surface area contributed by atoms with Crippen LogP contribution in [0.5, 0.6) is 5.75 Å². The lowest BCUT2D eigenvalue weighted by Gasteiger charge is -2.45. The largest absolute Gasteiger partial charge is 0.497 e. The molecule has 18 heavy (non-hydrogen) atoms. The van der Waals surface area contributed by atoms with Crippen LogP contribution in [0.1, 0.15) is 36.8 Å². The quantitative estimate of drug-likeness (QED) is 0.819. The molecule has 96 valence electrons. The first-order valence-corrected chi connectivity index (χ1v) is 7.26. The highest BCUT2D eigenvalue weighted by Gasteiger charge is 2.53. The molecular formula is C16H21NO. The van der Waals surface area contributed by atoms with Crippen LogP contribution in [0.2, 0.25) is 0 Å². The van der Waals surface area contributed by atoms with Crippen LogP contribution in [-0.2, 0) is 12.0 Å². The molecule has 4 rings (SSSR count). The maximum absolute atomic E-state index is 5.44. The summed E-state index contributed by atoms with van der Waals surface area (Å²) in [7, 11) is 1.77. The Hall–Kier alpha value is -1.02. The zero-order valence-corrected chi connectivity index (χ0v) is 11.0. The Labute approximate surface area is 109 Å². The lowest BCUT2D eigenvalue weighted by Crippen LogP contribution is -2.46. The summed E-state index contributed by atoms with van der Waals surface area (Å²) < 4.78 is 5.44. The molecule has 2 heteroatoms. The van der Waals surface area contributed by atoms with Crippen molar-refractivity contribution in [3.63, 3.8) is 0 Å². The average Bonchev–Trinajstić information content (AvgIpc) is 2.72. The first-order chi connectivity index (χ1) is 8.83. The van der Waals surface area contributed by atoms with Gasteiger partial charge in [-0.05, 0) is 60.9 Å². The molecule has 0 amide bonds. The minimum Gasteiger partial charge on any atom is -0.497 e. The molecule has 0 aromatic heterocycles. The first kappa shape index (κ1) is 10.9. The normalized spacial score (nSPS) is 36.9. The van der Waals surface area contributed by atoms with Gasteiger partial charge in [-0.1, -0.05) is 18.9 Å². The second-order valence-corrected chi connectivity index (χ2v) is 6.19. The van der Waals surface area contributed by atoms with Crippen molar-refractivity contribution in [1.82, 2.24) is 5.32 Å². The van der Waals surface area contributed by atoms with Crippen LogP contribution in [0.4, 0.5) is 0 Å². The van der Waals surface area contributed by atoms with Crippen molar-refractivity contribution in [2.24, 2.45) is 11.8 Å². The maximum atomic E-state index is 5.44. The summed E-state index contributed by atoms with van der Waals surface area (Å²) >= 11 is 0. The van der Waals surface area contributed by atoms with Gasteiger partial charge < -0.3 is 10.1 Å². The SMILES string of the molecule is COc1ccc2c(c1)[C@]13CCCC[C@H]1[C@H](CN3)C2. The van der Waals surface area contributed by atoms with Crippen LogP contribution < -0.4 is 10.1 Å². The number of nitrogens with one attached hydrogen (secondary N) is 1. The van der Waals surface area contributed by atoms with Gasteiger partial charge >= 0.3 is 0 Å². The molecule has 2 fully saturated rings. The minimum atomic E-state index is 0.283. The van der Waals surface area contributed by atoms with Crippen molar-refractivity contribution in [2.45, 2.75) is 37.6 Å². The number of rotatable bonds is 1. The van der Waals surface area contributed by atoms with Gasteiger partial charge in [0, 0.05) is 5.54 Å². The fourth-order valence-electron chi connectivity index (χ4n) is 4.72. The predicted octanol–water partition coefficient (Wildman–Crippen LogP) is 2.86. The Balaban J connectivity index is 1.88. The minimum absolute atomic E-state index is 0.283. The summed E-state index contributed by atoms with van der Waals surface area (Å²) in [6.07, 6.45) is 6.78. The van der Waals surface area contributed by atoms with E-state index in [1.165, 1.54) is 38.6 Å². The van der Waals surface area contributed by atoms with Gasteiger partial charge in [-0.15, -0.1) is 0 Å². The first-order valence-electron chi connectivity index (χ1n) is 7.26. The number of benzene rings is 1. The van der Waals surface area contributed by atoms with Crippen molar-refractivity contribution in [2.75, 3.05) is 13.7 Å². The van der Waals surface area contributed by atoms with Gasteiger partial charge in [-0.3, -0.25) is 0 Å². The van der Waals surface area contributed by atoms with E-state index in [0.29, 0.717) is 0 Å². The Morgan fingerprint density at radius 1 is 1.33 bits per heavy atom. The van der Waals surface area contributed by atoms with E-state index in [0.717, 1.165) is 17.6 Å². The van der Waals surface area contributed by atoms with Crippen molar-refractivity contribution >= 4 is 0 Å². The third kappa shape index (κ3) is 1.27. The van der Waals surface area contributed by atoms with Crippen LogP contribution in [0.3, 0.4) is 0 Å². The van der Waals surface area contributed by atoms with Crippen molar-refractivity contribution in [3.05, 3.63) is 29.3 Å². The average molecular weight is 243 g/mol. The molecule has 1 N–H and O–H groups in total. The molecule has 2 aliphatic carbocycles. The topological polar surface area (TPSA) is 21.3 Å². The van der Waals surface area contributed by atoms with Gasteiger partial charge in [0.15, 0.2) is 0 Å². The molecular weight excluding hydrogens is 222 g/mol. The van der Waals surface area contributed by atoms with E-state index in [4.69, 9.17) is 4.74 Å². The molecule has 2 bridgehead atoms. The second kappa shape index (κ2) is 3.74. The van der Waals surface area contributed by atoms with Crippen LogP contribution in [0.25, 0.3) is 0 Å². The molecule has 1 saturated carbocycles. The zero-order chi connectivity index (χ0) is 12.2. The van der Waals surface area contributed by atoms with E-state index in [2.05, 4.69) is 23.5 Å². The monoisotopic (exact) mass is 243 g/mol. The Morgan fingerprint density at radius 2 is 2.28 bits per heavy atom. The Bertz CT molecular complexity index is 484. The predicted molar refractivity (Wildman–Crippen MR) is 71.8 cm³/mol. The summed E-state index contributed by atoms with van der Waals surface area (Å²) in [5, 5.41) is 3.89. The highest BCUT2D eigenvalue weighted by Crippen LogP contribution is 2.54. The van der Waals surface area contributed by atoms with E-state index in [1.807, 2.05) is 0 Å². The van der Waals surface area contributed by atoms with Gasteiger partial charge in [0.25, 0.3) is 0 Å². The fraction of sp³-hybridized carbons (Fsp3) is 0.625. The molecule has 1 aromatic carbocycles. The van der Waals surface area contributed by atoms with Crippen molar-refractivity contribution < 1.29 is 4.74 Å². The van der Waals surface area contributed by atoms with Gasteiger partial charge in [0.1, 0.15) is 5.75 Å². The number of hydrogen-bond donors (Lipinski definition) is 1. The summed E-state index contributed by atoms with van der Waals surface area (Å²) in [5.41, 5.74) is 3.38. The molecule has 0 spiro atoms. The molecule has 1 aliphatic heterocycles. The fourth-order valence-corrected chi connectivity index (χ4v) is 4.72. The van der Waals surface area contributed by atoms with Crippen molar-refractivity contribution in [3.8, 4) is 5.75 Å². The number of ether oxygens (including phenoxy) is 1. The van der Waals surface area contributed by atoms with Gasteiger partial charge in [-0.25, -0.2) is 0 Å². The maximum Gasteiger partial charge on any atom is 0.119 e. The number of fused-ring (bicyclic) bond motifs is 1. The smallest absolute Gasteiger partial charge is 0.119 e. The highest BCUT2D eigenvalue weighted by atomic mass is 16.5. The number of methoxy groups -OCH3 is 1. The summed E-state index contributed by atoms with van der Waals surface area (Å²) in [5.74, 6) is 2.75. The highest BCUT2D eigenvalue weighted by molar-refractivity contribution is 5.45. The van der Waals surface area contributed by atoms with E-state index in [-0.39, 0.29) is 5.54 Å². The Morgan fingerprint density at radius 3 is 3.17 bits per heavy atom. The van der Waals surface area contributed by atoms with Gasteiger partial charge in [0.2, 0.25) is 0 Å². The lowest BCUT2D eigenvalue weighted by atomic mass is 9.61. The molecule has 0 unspecified atom stereocenters. The standard InChI is InChI=1S/C16H21NO/c1-18-13-6-5-11-8-12-10-17-16(15(11)9-13)7-3-2-4-14(12)16/h5-6,9,12,14,17H,2-4,7-8,10H2,1H3/t12-,14-,16-/m0/s1. The molecule has 1 aromatic rings. The van der Waals surface area contributed by atoms with E-state index in [1.54, 1.807) is 18.2 Å². The van der Waals surface area contributed by atoms with Gasteiger partial charge in [-0.2, -0.15) is 0 Å². The van der Waals surface area contributed by atoms with Crippen LogP contribution >= 0.6 is 0 Å². The zero-order valence-electron chi connectivity index (χ0n) is 11.0. The molecule has 0 radical (unpaired) electrons. The van der Waals surface area contributed by atoms with Crippen molar-refractivity contribution in [1.29, 1.82) is 0 Å². The van der Waals surface area contributed by atoms with Gasteiger partial charge in [0.05, 0.1) is 7.11 Å². The Kier molecular flexibility index (Phi) is 2.25. The summed E-state index contributed by atoms with van der Waals surface area (Å²) in [4.78, 5) is 0. The molecule has 3 aliphatic rings. The molecule has 2 nitrogen and oxygen atoms in total. The van der Waals surface area contributed by atoms with E-state index < -0.39 is 0 Å². The summed E-state index contributed by atoms with van der Waals surface area (Å²) in [6, 6.07) is 6.71. The summed E-state index contributed by atoms with van der Waals surface area (Å²) in [6.45, 7) is 1.21. The van der Waals surface area contributed by atoms with Crippen LogP contribution in [0, 0.1) is 11.8 Å².